The molecule has 0 spiro atoms. The summed E-state index contributed by atoms with van der Waals surface area (Å²) < 4.78 is 11.6. The number of amides is 1. The highest BCUT2D eigenvalue weighted by molar-refractivity contribution is 7.84. The van der Waals surface area contributed by atoms with E-state index in [0.29, 0.717) is 23.6 Å². The predicted molar refractivity (Wildman–Crippen MR) is 65.3 cm³/mol. The first-order chi connectivity index (χ1) is 7.63. The van der Waals surface area contributed by atoms with Crippen molar-refractivity contribution in [3.05, 3.63) is 35.4 Å². The van der Waals surface area contributed by atoms with Crippen LogP contribution in [0, 0.1) is 0 Å². The summed E-state index contributed by atoms with van der Waals surface area (Å²) in [4.78, 5) is 10.8. The minimum Gasteiger partial charge on any atom is -0.366 e. The van der Waals surface area contributed by atoms with Gasteiger partial charge < -0.3 is 11.5 Å². The summed E-state index contributed by atoms with van der Waals surface area (Å²) in [6.45, 7) is 0.562. The van der Waals surface area contributed by atoms with Gasteiger partial charge in [-0.05, 0) is 30.7 Å². The molecule has 0 aliphatic rings. The summed E-state index contributed by atoms with van der Waals surface area (Å²) in [7, 11) is -0.884. The van der Waals surface area contributed by atoms with E-state index in [1.54, 1.807) is 24.3 Å². The van der Waals surface area contributed by atoms with Gasteiger partial charge in [-0.1, -0.05) is 12.1 Å². The van der Waals surface area contributed by atoms with Crippen molar-refractivity contribution >= 4 is 16.7 Å². The lowest BCUT2D eigenvalue weighted by Crippen LogP contribution is -2.11. The van der Waals surface area contributed by atoms with Gasteiger partial charge in [0, 0.05) is 27.9 Å². The largest absolute Gasteiger partial charge is 0.366 e. The Labute approximate surface area is 97.5 Å². The second kappa shape index (κ2) is 6.40. The molecule has 1 amide bonds. The summed E-state index contributed by atoms with van der Waals surface area (Å²) >= 11 is 0. The summed E-state index contributed by atoms with van der Waals surface area (Å²) in [5.74, 6) is 0.670. The van der Waals surface area contributed by atoms with E-state index >= 15 is 0 Å². The zero-order valence-electron chi connectivity index (χ0n) is 9.02. The smallest absolute Gasteiger partial charge is 0.248 e. The van der Waals surface area contributed by atoms with Crippen molar-refractivity contribution < 1.29 is 9.00 Å². The minimum absolute atomic E-state index is 0.448. The van der Waals surface area contributed by atoms with E-state index in [1.165, 1.54) is 0 Å². The van der Waals surface area contributed by atoms with Gasteiger partial charge in [0.2, 0.25) is 5.91 Å². The van der Waals surface area contributed by atoms with Crippen LogP contribution < -0.4 is 11.5 Å². The predicted octanol–water partition coefficient (Wildman–Crippen LogP) is 0.383. The maximum atomic E-state index is 11.6. The molecule has 0 saturated heterocycles. The van der Waals surface area contributed by atoms with Crippen LogP contribution in [-0.4, -0.2) is 22.4 Å². The molecule has 0 bridgehead atoms. The molecular formula is C11H16N2O2S. The van der Waals surface area contributed by atoms with Gasteiger partial charge in [0.15, 0.2) is 0 Å². The van der Waals surface area contributed by atoms with Crippen molar-refractivity contribution in [1.29, 1.82) is 0 Å². The summed E-state index contributed by atoms with van der Waals surface area (Å²) in [5, 5.41) is 0. The summed E-state index contributed by atoms with van der Waals surface area (Å²) in [6.07, 6.45) is 0.770. The van der Waals surface area contributed by atoms with E-state index in [0.717, 1.165) is 12.0 Å². The number of rotatable bonds is 6. The Balaban J connectivity index is 2.55. The Bertz CT molecular complexity index is 376. The van der Waals surface area contributed by atoms with Gasteiger partial charge in [0.1, 0.15) is 0 Å². The molecule has 0 aliphatic heterocycles. The lowest BCUT2D eigenvalue weighted by molar-refractivity contribution is 0.100. The molecule has 1 aromatic carbocycles. The fourth-order valence-corrected chi connectivity index (χ4v) is 2.46. The van der Waals surface area contributed by atoms with Crippen molar-refractivity contribution in [3.63, 3.8) is 0 Å². The van der Waals surface area contributed by atoms with Crippen LogP contribution >= 0.6 is 0 Å². The quantitative estimate of drug-likeness (QED) is 0.753. The van der Waals surface area contributed by atoms with E-state index in [4.69, 9.17) is 11.5 Å². The van der Waals surface area contributed by atoms with Crippen LogP contribution in [0.25, 0.3) is 0 Å². The van der Waals surface area contributed by atoms with E-state index in [1.807, 2.05) is 0 Å². The molecule has 4 N–H and O–H groups in total. The van der Waals surface area contributed by atoms with Crippen molar-refractivity contribution in [2.24, 2.45) is 11.5 Å². The van der Waals surface area contributed by atoms with Crippen molar-refractivity contribution in [3.8, 4) is 0 Å². The Kier molecular flexibility index (Phi) is 5.14. The normalized spacial score (nSPS) is 12.3. The third kappa shape index (κ3) is 4.12. The van der Waals surface area contributed by atoms with Crippen LogP contribution in [0.5, 0.6) is 0 Å². The number of nitrogens with two attached hydrogens (primary N) is 2. The Morgan fingerprint density at radius 1 is 1.25 bits per heavy atom. The van der Waals surface area contributed by atoms with Crippen LogP contribution in [0.2, 0.25) is 0 Å². The van der Waals surface area contributed by atoms with E-state index < -0.39 is 16.7 Å². The number of carbonyl (C=O) groups is 1. The highest BCUT2D eigenvalue weighted by Crippen LogP contribution is 2.07. The number of hydrogen-bond acceptors (Lipinski definition) is 3. The molecule has 0 heterocycles. The first-order valence-electron chi connectivity index (χ1n) is 5.07. The molecular weight excluding hydrogens is 224 g/mol. The van der Waals surface area contributed by atoms with E-state index in [-0.39, 0.29) is 0 Å². The molecule has 0 radical (unpaired) electrons. The molecule has 1 atom stereocenters. The summed E-state index contributed by atoms with van der Waals surface area (Å²) in [5.41, 5.74) is 11.9. The van der Waals surface area contributed by atoms with Crippen LogP contribution in [0.1, 0.15) is 22.3 Å². The van der Waals surface area contributed by atoms with Crippen molar-refractivity contribution in [1.82, 2.24) is 0 Å². The van der Waals surface area contributed by atoms with Gasteiger partial charge in [0.25, 0.3) is 0 Å². The maximum Gasteiger partial charge on any atom is 0.248 e. The molecule has 1 aromatic rings. The molecule has 0 saturated carbocycles. The van der Waals surface area contributed by atoms with Gasteiger partial charge >= 0.3 is 0 Å². The van der Waals surface area contributed by atoms with Gasteiger partial charge in [-0.2, -0.15) is 0 Å². The molecule has 88 valence electrons. The Morgan fingerprint density at radius 3 is 2.38 bits per heavy atom. The third-order valence-electron chi connectivity index (χ3n) is 2.14. The second-order valence-electron chi connectivity index (χ2n) is 3.49. The molecule has 1 rings (SSSR count). The monoisotopic (exact) mass is 240 g/mol. The van der Waals surface area contributed by atoms with Gasteiger partial charge in [0.05, 0.1) is 0 Å². The Morgan fingerprint density at radius 2 is 1.88 bits per heavy atom. The molecule has 0 fully saturated rings. The lowest BCUT2D eigenvalue weighted by Gasteiger charge is -2.02. The molecule has 0 aromatic heterocycles. The average molecular weight is 240 g/mol. The standard InChI is InChI=1S/C11H16N2O2S/c12-6-1-7-16(15)8-9-2-4-10(5-3-9)11(13)14/h2-5H,1,6-8,12H2,(H2,13,14). The first kappa shape index (κ1) is 12.9. The van der Waals surface area contributed by atoms with Gasteiger partial charge in [-0.3, -0.25) is 9.00 Å². The maximum absolute atomic E-state index is 11.6. The van der Waals surface area contributed by atoms with Crippen molar-refractivity contribution in [2.45, 2.75) is 12.2 Å². The molecule has 5 heteroatoms. The zero-order chi connectivity index (χ0) is 12.0. The molecule has 4 nitrogen and oxygen atoms in total. The summed E-state index contributed by atoms with van der Waals surface area (Å²) in [6, 6.07) is 6.86. The first-order valence-corrected chi connectivity index (χ1v) is 6.56. The topological polar surface area (TPSA) is 86.2 Å². The number of primary amides is 1. The SMILES string of the molecule is NCCCS(=O)Cc1ccc(C(N)=O)cc1. The van der Waals surface area contributed by atoms with Crippen LogP contribution in [0.4, 0.5) is 0 Å². The van der Waals surface area contributed by atoms with E-state index in [2.05, 4.69) is 0 Å². The highest BCUT2D eigenvalue weighted by Gasteiger charge is 2.03. The number of hydrogen-bond donors (Lipinski definition) is 2. The van der Waals surface area contributed by atoms with Crippen LogP contribution in [0.3, 0.4) is 0 Å². The zero-order valence-corrected chi connectivity index (χ0v) is 9.83. The van der Waals surface area contributed by atoms with E-state index in [9.17, 15) is 9.00 Å². The van der Waals surface area contributed by atoms with Crippen LogP contribution in [0.15, 0.2) is 24.3 Å². The number of benzene rings is 1. The molecule has 1 unspecified atom stereocenters. The molecule has 0 aliphatic carbocycles. The van der Waals surface area contributed by atoms with Crippen molar-refractivity contribution in [2.75, 3.05) is 12.3 Å². The number of carbonyl (C=O) groups excluding carboxylic acids is 1. The third-order valence-corrected chi connectivity index (χ3v) is 3.54. The average Bonchev–Trinajstić information content (AvgIpc) is 2.27. The second-order valence-corrected chi connectivity index (χ2v) is 5.07. The van der Waals surface area contributed by atoms with Gasteiger partial charge in [-0.15, -0.1) is 0 Å². The Hall–Kier alpha value is -1.20. The minimum atomic E-state index is -0.884. The molecule has 16 heavy (non-hydrogen) atoms. The fraction of sp³-hybridized carbons (Fsp3) is 0.364. The van der Waals surface area contributed by atoms with Gasteiger partial charge in [-0.25, -0.2) is 0 Å². The lowest BCUT2D eigenvalue weighted by atomic mass is 10.1. The van der Waals surface area contributed by atoms with Crippen LogP contribution in [-0.2, 0) is 16.6 Å². The highest BCUT2D eigenvalue weighted by atomic mass is 32.2. The fourth-order valence-electron chi connectivity index (χ4n) is 1.27.